The van der Waals surface area contributed by atoms with E-state index >= 15 is 0 Å². The van der Waals surface area contributed by atoms with Gasteiger partial charge < -0.3 is 0 Å². The predicted octanol–water partition coefficient (Wildman–Crippen LogP) is 5.84. The van der Waals surface area contributed by atoms with Crippen molar-refractivity contribution in [3.63, 3.8) is 0 Å². The van der Waals surface area contributed by atoms with Crippen LogP contribution in [0, 0.1) is 6.92 Å². The van der Waals surface area contributed by atoms with Crippen LogP contribution in [-0.4, -0.2) is 24.8 Å². The van der Waals surface area contributed by atoms with E-state index in [0.29, 0.717) is 11.3 Å². The third-order valence-electron chi connectivity index (χ3n) is 5.79. The van der Waals surface area contributed by atoms with Gasteiger partial charge in [-0.15, -0.1) is 11.8 Å². The molecule has 6 nitrogen and oxygen atoms in total. The molecule has 1 heterocycles. The van der Waals surface area contributed by atoms with Crippen molar-refractivity contribution in [2.75, 3.05) is 6.61 Å². The Labute approximate surface area is 219 Å². The van der Waals surface area contributed by atoms with Gasteiger partial charge in [0.05, 0.1) is 23.2 Å². The van der Waals surface area contributed by atoms with Gasteiger partial charge >= 0.3 is 0 Å². The molecule has 0 aliphatic rings. The minimum Gasteiger partial charge on any atom is -0.267 e. The number of hydrogen-bond donors (Lipinski definition) is 0. The predicted molar refractivity (Wildman–Crippen MR) is 146 cm³/mol. The van der Waals surface area contributed by atoms with Crippen molar-refractivity contribution in [1.29, 1.82) is 0 Å². The summed E-state index contributed by atoms with van der Waals surface area (Å²) in [6, 6.07) is 15.0. The maximum Gasteiger partial charge on any atom is 0.296 e. The van der Waals surface area contributed by atoms with E-state index in [9.17, 15) is 13.2 Å². The highest BCUT2D eigenvalue weighted by Crippen LogP contribution is 2.28. The van der Waals surface area contributed by atoms with Crippen molar-refractivity contribution in [3.8, 4) is 0 Å². The van der Waals surface area contributed by atoms with Crippen molar-refractivity contribution in [1.82, 2.24) is 9.78 Å². The average molecular weight is 529 g/mol. The topological polar surface area (TPSA) is 78.3 Å². The van der Waals surface area contributed by atoms with E-state index in [1.54, 1.807) is 18.3 Å². The molecule has 1 aromatic heterocycles. The molecule has 0 N–H and O–H groups in total. The molecule has 2 aromatic carbocycles. The van der Waals surface area contributed by atoms with E-state index in [4.69, 9.17) is 4.18 Å². The number of aryl methyl sites for hydroxylation is 1. The monoisotopic (exact) mass is 528 g/mol. The summed E-state index contributed by atoms with van der Waals surface area (Å²) in [5.74, 6) is 0.667. The summed E-state index contributed by atoms with van der Waals surface area (Å²) in [5, 5.41) is 4.41. The van der Waals surface area contributed by atoms with Crippen molar-refractivity contribution in [3.05, 3.63) is 87.3 Å². The first-order valence-corrected chi connectivity index (χ1v) is 14.4. The molecule has 194 valence electrons. The molecule has 36 heavy (non-hydrogen) atoms. The Morgan fingerprint density at radius 1 is 0.944 bits per heavy atom. The first-order chi connectivity index (χ1) is 16.7. The van der Waals surface area contributed by atoms with Gasteiger partial charge in [-0.05, 0) is 56.4 Å². The lowest BCUT2D eigenvalue weighted by Crippen LogP contribution is -2.38. The zero-order chi connectivity index (χ0) is 26.7. The van der Waals surface area contributed by atoms with Gasteiger partial charge in [0, 0.05) is 22.6 Å². The number of rotatable bonds is 8. The number of benzene rings is 2. The third kappa shape index (κ3) is 7.08. The minimum atomic E-state index is -3.91. The van der Waals surface area contributed by atoms with Crippen LogP contribution in [0.3, 0.4) is 0 Å². The van der Waals surface area contributed by atoms with E-state index in [-0.39, 0.29) is 28.9 Å². The third-order valence-corrected chi connectivity index (χ3v) is 8.26. The summed E-state index contributed by atoms with van der Waals surface area (Å²) in [6.07, 6.45) is 1.86. The Morgan fingerprint density at radius 3 is 2.11 bits per heavy atom. The van der Waals surface area contributed by atoms with Crippen LogP contribution in [-0.2, 0) is 37.4 Å². The second-order valence-corrected chi connectivity index (χ2v) is 13.6. The second kappa shape index (κ2) is 10.9. The quantitative estimate of drug-likeness (QED) is 0.270. The largest absolute Gasteiger partial charge is 0.296 e. The van der Waals surface area contributed by atoms with Crippen LogP contribution < -0.4 is 5.56 Å². The molecule has 0 aliphatic heterocycles. The number of nitrogens with zero attached hydrogens (tertiary/aromatic N) is 2. The van der Waals surface area contributed by atoms with Crippen LogP contribution in [0.15, 0.2) is 69.3 Å². The molecule has 8 heteroatoms. The Kier molecular flexibility index (Phi) is 8.53. The van der Waals surface area contributed by atoms with Crippen LogP contribution in [0.2, 0.25) is 0 Å². The van der Waals surface area contributed by atoms with Gasteiger partial charge in [0.25, 0.3) is 15.7 Å². The maximum atomic E-state index is 13.3. The summed E-state index contributed by atoms with van der Waals surface area (Å²) in [6.45, 7) is 14.0. The fourth-order valence-corrected chi connectivity index (χ4v) is 5.50. The zero-order valence-electron chi connectivity index (χ0n) is 22.2. The first-order valence-electron chi connectivity index (χ1n) is 12.0. The smallest absolute Gasteiger partial charge is 0.267 e. The number of thioether (sulfide) groups is 1. The molecular formula is C28H36N2O4S2. The molecule has 0 aliphatic carbocycles. The summed E-state index contributed by atoms with van der Waals surface area (Å²) < 4.78 is 32.0. The normalized spacial score (nSPS) is 12.6. The van der Waals surface area contributed by atoms with Crippen LogP contribution >= 0.6 is 11.8 Å². The van der Waals surface area contributed by atoms with Crippen molar-refractivity contribution in [2.45, 2.75) is 81.4 Å². The van der Waals surface area contributed by atoms with Gasteiger partial charge in [0.1, 0.15) is 0 Å². The summed E-state index contributed by atoms with van der Waals surface area (Å²) in [5.41, 5.74) is 3.21. The van der Waals surface area contributed by atoms with Gasteiger partial charge in [0.2, 0.25) is 0 Å². The number of aromatic nitrogens is 2. The first kappa shape index (κ1) is 28.2. The zero-order valence-corrected chi connectivity index (χ0v) is 23.8. The molecule has 0 unspecified atom stereocenters. The van der Waals surface area contributed by atoms with E-state index < -0.39 is 15.7 Å². The van der Waals surface area contributed by atoms with E-state index in [1.165, 1.54) is 34.1 Å². The highest BCUT2D eigenvalue weighted by molar-refractivity contribution is 7.98. The van der Waals surface area contributed by atoms with E-state index in [1.807, 2.05) is 27.7 Å². The Hall–Kier alpha value is -2.42. The summed E-state index contributed by atoms with van der Waals surface area (Å²) >= 11 is 1.52. The lowest BCUT2D eigenvalue weighted by molar-refractivity contribution is 0.312. The van der Waals surface area contributed by atoms with Gasteiger partial charge in [-0.2, -0.15) is 13.5 Å². The molecule has 0 amide bonds. The number of hydrogen-bond acceptors (Lipinski definition) is 6. The van der Waals surface area contributed by atoms with Crippen LogP contribution in [0.25, 0.3) is 0 Å². The van der Waals surface area contributed by atoms with Crippen molar-refractivity contribution < 1.29 is 12.6 Å². The van der Waals surface area contributed by atoms with Crippen LogP contribution in [0.1, 0.15) is 63.8 Å². The SMILES string of the molecule is Cc1ccc(S(=O)(=O)OCCc2c(SCc3ccc(C(C)(C)C)cc3)cnn(C(C)(C)C)c2=O)cc1. The van der Waals surface area contributed by atoms with Crippen LogP contribution in [0.4, 0.5) is 0 Å². The van der Waals surface area contributed by atoms with Gasteiger partial charge in [0.15, 0.2) is 0 Å². The van der Waals surface area contributed by atoms with Crippen molar-refractivity contribution in [2.24, 2.45) is 0 Å². The Balaban J connectivity index is 1.81. The fourth-order valence-electron chi connectivity index (χ4n) is 3.59. The molecule has 0 spiro atoms. The molecule has 0 saturated carbocycles. The van der Waals surface area contributed by atoms with E-state index in [2.05, 4.69) is 50.1 Å². The van der Waals surface area contributed by atoms with Crippen molar-refractivity contribution >= 4 is 21.9 Å². The average Bonchev–Trinajstić information content (AvgIpc) is 2.78. The Bertz CT molecular complexity index is 1350. The fraction of sp³-hybridized carbons (Fsp3) is 0.429. The van der Waals surface area contributed by atoms with Gasteiger partial charge in [-0.25, -0.2) is 4.68 Å². The van der Waals surface area contributed by atoms with Crippen LogP contribution in [0.5, 0.6) is 0 Å². The molecule has 0 fully saturated rings. The highest BCUT2D eigenvalue weighted by atomic mass is 32.2. The molecule has 0 saturated heterocycles. The summed E-state index contributed by atoms with van der Waals surface area (Å²) in [4.78, 5) is 14.2. The molecule has 0 bridgehead atoms. The second-order valence-electron chi connectivity index (χ2n) is 10.9. The lowest BCUT2D eigenvalue weighted by Gasteiger charge is -2.22. The highest BCUT2D eigenvalue weighted by Gasteiger charge is 2.22. The van der Waals surface area contributed by atoms with Gasteiger partial charge in [-0.3, -0.25) is 8.98 Å². The van der Waals surface area contributed by atoms with E-state index in [0.717, 1.165) is 16.0 Å². The van der Waals surface area contributed by atoms with Gasteiger partial charge in [-0.1, -0.05) is 62.7 Å². The summed E-state index contributed by atoms with van der Waals surface area (Å²) in [7, 11) is -3.91. The Morgan fingerprint density at radius 2 is 1.56 bits per heavy atom. The molecule has 0 radical (unpaired) electrons. The lowest BCUT2D eigenvalue weighted by atomic mass is 9.87. The molecule has 3 aromatic rings. The standard InChI is InChI=1S/C28H36N2O4S2/c1-20-8-14-23(15-9-20)36(32,33)34-17-16-24-25(18-29-30(26(24)31)28(5,6)7)35-19-21-10-12-22(13-11-21)27(2,3)4/h8-15,18H,16-17,19H2,1-7H3. The molecule has 0 atom stereocenters. The molecule has 3 rings (SSSR count). The maximum absolute atomic E-state index is 13.3. The molecular weight excluding hydrogens is 492 g/mol. The minimum absolute atomic E-state index is 0.0825.